The molecule has 1 aromatic heterocycles. The van der Waals surface area contributed by atoms with E-state index in [2.05, 4.69) is 87.8 Å². The molecule has 4 rings (SSSR count). The first-order valence-corrected chi connectivity index (χ1v) is 9.71. The van der Waals surface area contributed by atoms with E-state index >= 15 is 0 Å². The van der Waals surface area contributed by atoms with Crippen LogP contribution >= 0.6 is 34.4 Å². The van der Waals surface area contributed by atoms with E-state index in [1.165, 1.54) is 16.8 Å². The monoisotopic (exact) mass is 418 g/mol. The molecule has 3 aromatic rings. The van der Waals surface area contributed by atoms with Crippen LogP contribution in [0.25, 0.3) is 22.5 Å². The zero-order valence-electron chi connectivity index (χ0n) is 11.9. The largest absolute Gasteiger partial charge is 0.317 e. The molecule has 2 nitrogen and oxygen atoms in total. The van der Waals surface area contributed by atoms with Crippen molar-refractivity contribution in [2.45, 2.75) is 17.0 Å². The van der Waals surface area contributed by atoms with E-state index in [9.17, 15) is 0 Å². The number of thioether (sulfide) groups is 1. The summed E-state index contributed by atoms with van der Waals surface area (Å²) in [6, 6.07) is 21.1. The van der Waals surface area contributed by atoms with Crippen molar-refractivity contribution in [1.82, 2.24) is 9.55 Å². The molecule has 110 valence electrons. The quantitative estimate of drug-likeness (QED) is 0.434. The first kappa shape index (κ1) is 14.3. The van der Waals surface area contributed by atoms with Crippen molar-refractivity contribution in [2.24, 2.45) is 0 Å². The summed E-state index contributed by atoms with van der Waals surface area (Å²) < 4.78 is 3.55. The molecule has 0 radical (unpaired) electrons. The third-order valence-electron chi connectivity index (χ3n) is 3.86. The Morgan fingerprint density at radius 1 is 1.00 bits per heavy atom. The molecule has 22 heavy (non-hydrogen) atoms. The average molecular weight is 418 g/mol. The number of rotatable bonds is 3. The summed E-state index contributed by atoms with van der Waals surface area (Å²) in [5, 5.41) is 1.79. The molecule has 1 aliphatic rings. The molecule has 0 saturated heterocycles. The molecule has 0 saturated carbocycles. The molecule has 0 fully saturated rings. The van der Waals surface area contributed by atoms with Crippen molar-refractivity contribution < 1.29 is 0 Å². The molecule has 0 spiro atoms. The zero-order chi connectivity index (χ0) is 14.9. The van der Waals surface area contributed by atoms with Gasteiger partial charge in [0.2, 0.25) is 0 Å². The van der Waals surface area contributed by atoms with Crippen molar-refractivity contribution in [1.29, 1.82) is 0 Å². The second kappa shape index (κ2) is 6.08. The van der Waals surface area contributed by atoms with Crippen molar-refractivity contribution >= 4 is 34.4 Å². The van der Waals surface area contributed by atoms with E-state index in [-0.39, 0.29) is 0 Å². The minimum Gasteiger partial charge on any atom is -0.317 e. The second-order valence-electron chi connectivity index (χ2n) is 5.33. The van der Waals surface area contributed by atoms with Gasteiger partial charge in [0, 0.05) is 27.3 Å². The summed E-state index contributed by atoms with van der Waals surface area (Å²) in [6.07, 6.45) is 0. The predicted octanol–water partition coefficient (Wildman–Crippen LogP) is 5.13. The van der Waals surface area contributed by atoms with E-state index in [0.29, 0.717) is 5.25 Å². The summed E-state index contributed by atoms with van der Waals surface area (Å²) in [5.41, 5.74) is 4.78. The molecule has 1 atom stereocenters. The van der Waals surface area contributed by atoms with Gasteiger partial charge in [-0.1, -0.05) is 95.0 Å². The number of halogens is 1. The van der Waals surface area contributed by atoms with E-state index < -0.39 is 0 Å². The van der Waals surface area contributed by atoms with Crippen LogP contribution in [0.1, 0.15) is 0 Å². The highest BCUT2D eigenvalue weighted by Crippen LogP contribution is 2.41. The summed E-state index contributed by atoms with van der Waals surface area (Å²) in [6.45, 7) is 1.05. The highest BCUT2D eigenvalue weighted by Gasteiger charge is 2.28. The lowest BCUT2D eigenvalue weighted by Gasteiger charge is -2.10. The average Bonchev–Trinajstić information content (AvgIpc) is 3.13. The molecular formula is C18H15IN2S. The fourth-order valence-electron chi connectivity index (χ4n) is 2.85. The molecule has 1 aliphatic heterocycles. The first-order chi connectivity index (χ1) is 10.9. The van der Waals surface area contributed by atoms with Gasteiger partial charge in [-0.25, -0.2) is 4.98 Å². The highest BCUT2D eigenvalue weighted by molar-refractivity contribution is 14.1. The maximum Gasteiger partial charge on any atom is 0.169 e. The maximum atomic E-state index is 4.96. The maximum absolute atomic E-state index is 4.96. The van der Waals surface area contributed by atoms with Crippen molar-refractivity contribution in [3.63, 3.8) is 0 Å². The molecule has 0 N–H and O–H groups in total. The van der Waals surface area contributed by atoms with E-state index in [1.54, 1.807) is 0 Å². The molecule has 2 aromatic carbocycles. The van der Waals surface area contributed by atoms with E-state index in [4.69, 9.17) is 4.98 Å². The number of benzene rings is 2. The second-order valence-corrected chi connectivity index (χ2v) is 7.48. The highest BCUT2D eigenvalue weighted by atomic mass is 127. The van der Waals surface area contributed by atoms with Crippen LogP contribution in [-0.4, -0.2) is 19.2 Å². The number of nitrogens with zero attached hydrogens (tertiary/aromatic N) is 2. The summed E-state index contributed by atoms with van der Waals surface area (Å²) in [4.78, 5) is 4.96. The Balaban J connectivity index is 1.90. The zero-order valence-corrected chi connectivity index (χ0v) is 14.9. The van der Waals surface area contributed by atoms with Gasteiger partial charge in [-0.3, -0.25) is 0 Å². The van der Waals surface area contributed by atoms with Crippen LogP contribution in [0.2, 0.25) is 0 Å². The van der Waals surface area contributed by atoms with Gasteiger partial charge in [-0.2, -0.15) is 0 Å². The van der Waals surface area contributed by atoms with Crippen LogP contribution in [0.15, 0.2) is 65.8 Å². The number of fused-ring (bicyclic) bond motifs is 1. The lowest BCUT2D eigenvalue weighted by molar-refractivity contribution is 0.681. The van der Waals surface area contributed by atoms with Crippen LogP contribution in [-0.2, 0) is 6.54 Å². The number of alkyl halides is 1. The summed E-state index contributed by atoms with van der Waals surface area (Å²) in [7, 11) is 0. The van der Waals surface area contributed by atoms with Crippen LogP contribution < -0.4 is 0 Å². The van der Waals surface area contributed by atoms with Gasteiger partial charge < -0.3 is 4.57 Å². The lowest BCUT2D eigenvalue weighted by atomic mass is 10.0. The van der Waals surface area contributed by atoms with Crippen LogP contribution in [0.3, 0.4) is 0 Å². The normalized spacial score (nSPS) is 16.7. The van der Waals surface area contributed by atoms with Crippen molar-refractivity contribution in [2.75, 3.05) is 4.43 Å². The Labute approximate surface area is 148 Å². The third-order valence-corrected chi connectivity index (χ3v) is 6.69. The number of aromatic nitrogens is 2. The van der Waals surface area contributed by atoms with Crippen molar-refractivity contribution in [3.05, 3.63) is 60.7 Å². The summed E-state index contributed by atoms with van der Waals surface area (Å²) in [5.74, 6) is 0. The number of hydrogen-bond donors (Lipinski definition) is 0. The van der Waals surface area contributed by atoms with Crippen molar-refractivity contribution in [3.8, 4) is 22.5 Å². The fourth-order valence-corrected chi connectivity index (χ4v) is 4.69. The van der Waals surface area contributed by atoms with E-state index in [1.807, 2.05) is 11.8 Å². The molecule has 1 unspecified atom stereocenters. The Kier molecular flexibility index (Phi) is 3.96. The van der Waals surface area contributed by atoms with Gasteiger partial charge in [-0.15, -0.1) is 0 Å². The van der Waals surface area contributed by atoms with Crippen LogP contribution in [0.4, 0.5) is 0 Å². The smallest absolute Gasteiger partial charge is 0.169 e. The molecule has 0 bridgehead atoms. The Bertz CT molecular complexity index is 784. The van der Waals surface area contributed by atoms with Gasteiger partial charge in [0.1, 0.15) is 0 Å². The SMILES string of the molecule is ICC1Cn2c(nc(-c3ccccc3)c2-c2ccccc2)S1. The lowest BCUT2D eigenvalue weighted by Crippen LogP contribution is -2.07. The standard InChI is InChI=1S/C18H15IN2S/c19-11-15-12-21-17(14-9-5-2-6-10-14)16(20-18(21)22-15)13-7-3-1-4-8-13/h1-10,15H,11-12H2. The summed E-state index contributed by atoms with van der Waals surface area (Å²) >= 11 is 4.37. The van der Waals surface area contributed by atoms with Crippen LogP contribution in [0, 0.1) is 0 Å². The number of hydrogen-bond acceptors (Lipinski definition) is 2. The number of imidazole rings is 1. The topological polar surface area (TPSA) is 17.8 Å². The first-order valence-electron chi connectivity index (χ1n) is 7.31. The Hall–Kier alpha value is -1.27. The van der Waals surface area contributed by atoms with Gasteiger partial charge in [0.15, 0.2) is 5.16 Å². The van der Waals surface area contributed by atoms with Gasteiger partial charge in [0.05, 0.1) is 11.4 Å². The van der Waals surface area contributed by atoms with E-state index in [0.717, 1.165) is 21.8 Å². The fraction of sp³-hybridized carbons (Fsp3) is 0.167. The van der Waals surface area contributed by atoms with Crippen LogP contribution in [0.5, 0.6) is 0 Å². The molecular weight excluding hydrogens is 403 g/mol. The minimum atomic E-state index is 0.635. The third kappa shape index (κ3) is 2.48. The Morgan fingerprint density at radius 2 is 1.64 bits per heavy atom. The molecule has 0 aliphatic carbocycles. The minimum absolute atomic E-state index is 0.635. The van der Waals surface area contributed by atoms with Gasteiger partial charge in [-0.05, 0) is 0 Å². The van der Waals surface area contributed by atoms with Gasteiger partial charge >= 0.3 is 0 Å². The molecule has 0 amide bonds. The molecule has 2 heterocycles. The molecule has 4 heteroatoms. The Morgan fingerprint density at radius 3 is 2.27 bits per heavy atom. The van der Waals surface area contributed by atoms with Gasteiger partial charge in [0.25, 0.3) is 0 Å². The predicted molar refractivity (Wildman–Crippen MR) is 102 cm³/mol.